The van der Waals surface area contributed by atoms with Crippen LogP contribution in [0.5, 0.6) is 5.75 Å². The van der Waals surface area contributed by atoms with Gasteiger partial charge in [-0.2, -0.15) is 9.57 Å². The second kappa shape index (κ2) is 8.87. The van der Waals surface area contributed by atoms with Crippen LogP contribution in [0.4, 0.5) is 5.69 Å². The number of carbonyl (C=O) groups excluding carboxylic acids is 1. The van der Waals surface area contributed by atoms with Crippen molar-refractivity contribution in [2.75, 3.05) is 25.0 Å². The molecule has 2 aromatic rings. The Morgan fingerprint density at radius 2 is 1.68 bits per heavy atom. The van der Waals surface area contributed by atoms with Crippen LogP contribution in [0.25, 0.3) is 0 Å². The third-order valence-corrected chi connectivity index (χ3v) is 6.36. The van der Waals surface area contributed by atoms with Crippen LogP contribution in [0.3, 0.4) is 0 Å². The summed E-state index contributed by atoms with van der Waals surface area (Å²) in [6.07, 6.45) is 2.82. The Balaban J connectivity index is 1.56. The highest BCUT2D eigenvalue weighted by Crippen LogP contribution is 2.22. The van der Waals surface area contributed by atoms with Gasteiger partial charge in [-0.05, 0) is 61.4 Å². The quantitative estimate of drug-likeness (QED) is 0.805. The lowest BCUT2D eigenvalue weighted by Crippen LogP contribution is -2.35. The summed E-state index contributed by atoms with van der Waals surface area (Å²) in [5.41, 5.74) is 1.00. The molecule has 0 bridgehead atoms. The second-order valence-corrected chi connectivity index (χ2v) is 8.40. The zero-order valence-corrected chi connectivity index (χ0v) is 16.1. The Hall–Kier alpha value is -2.89. The summed E-state index contributed by atoms with van der Waals surface area (Å²) in [4.78, 5) is 12.2. The first-order valence-electron chi connectivity index (χ1n) is 9.02. The Morgan fingerprint density at radius 1 is 1.04 bits per heavy atom. The van der Waals surface area contributed by atoms with Crippen LogP contribution < -0.4 is 10.1 Å². The van der Waals surface area contributed by atoms with Crippen LogP contribution in [0, 0.1) is 11.3 Å². The van der Waals surface area contributed by atoms with Crippen molar-refractivity contribution in [3.8, 4) is 11.8 Å². The summed E-state index contributed by atoms with van der Waals surface area (Å²) in [6, 6.07) is 14.6. The first kappa shape index (κ1) is 19.9. The molecule has 1 fully saturated rings. The normalized spacial score (nSPS) is 14.8. The van der Waals surface area contributed by atoms with Crippen LogP contribution in [0.1, 0.15) is 24.8 Å². The molecule has 0 saturated carbocycles. The van der Waals surface area contributed by atoms with Crippen LogP contribution in [-0.4, -0.2) is 38.3 Å². The van der Waals surface area contributed by atoms with Crippen molar-refractivity contribution >= 4 is 21.6 Å². The fraction of sp³-hybridized carbons (Fsp3) is 0.300. The first-order chi connectivity index (χ1) is 13.5. The number of anilines is 1. The smallest absolute Gasteiger partial charge is 0.262 e. The molecule has 0 spiro atoms. The average Bonchev–Trinajstić information content (AvgIpc) is 2.73. The predicted octanol–water partition coefficient (Wildman–Crippen LogP) is 2.75. The van der Waals surface area contributed by atoms with Gasteiger partial charge >= 0.3 is 0 Å². The number of ether oxygens (including phenoxy) is 1. The van der Waals surface area contributed by atoms with Crippen molar-refractivity contribution in [3.05, 3.63) is 54.1 Å². The minimum atomic E-state index is -3.49. The van der Waals surface area contributed by atoms with E-state index in [4.69, 9.17) is 10.00 Å². The molecule has 0 atom stereocenters. The van der Waals surface area contributed by atoms with Gasteiger partial charge in [0.05, 0.1) is 16.5 Å². The summed E-state index contributed by atoms with van der Waals surface area (Å²) in [5, 5.41) is 11.4. The Bertz CT molecular complexity index is 958. The molecule has 1 amide bonds. The molecule has 0 unspecified atom stereocenters. The van der Waals surface area contributed by atoms with Crippen molar-refractivity contribution < 1.29 is 17.9 Å². The number of amides is 1. The van der Waals surface area contributed by atoms with Gasteiger partial charge in [-0.1, -0.05) is 6.42 Å². The number of rotatable bonds is 6. The SMILES string of the molecule is N#Cc1ccc(OCC(=O)Nc2ccc(S(=O)(=O)N3CCCCC3)cc2)cc1. The number of nitrogens with one attached hydrogen (secondary N) is 1. The van der Waals surface area contributed by atoms with Gasteiger partial charge < -0.3 is 10.1 Å². The van der Waals surface area contributed by atoms with E-state index >= 15 is 0 Å². The van der Waals surface area contributed by atoms with Crippen molar-refractivity contribution in [2.24, 2.45) is 0 Å². The van der Waals surface area contributed by atoms with Crippen molar-refractivity contribution in [3.63, 3.8) is 0 Å². The molecule has 146 valence electrons. The summed E-state index contributed by atoms with van der Waals surface area (Å²) in [7, 11) is -3.49. The maximum Gasteiger partial charge on any atom is 0.262 e. The Labute approximate surface area is 164 Å². The molecule has 7 nitrogen and oxygen atoms in total. The number of nitriles is 1. The van der Waals surface area contributed by atoms with E-state index in [0.29, 0.717) is 30.1 Å². The molecule has 1 heterocycles. The number of benzene rings is 2. The van der Waals surface area contributed by atoms with Gasteiger partial charge in [-0.3, -0.25) is 4.79 Å². The lowest BCUT2D eigenvalue weighted by atomic mass is 10.2. The van der Waals surface area contributed by atoms with Crippen LogP contribution in [0.15, 0.2) is 53.4 Å². The third-order valence-electron chi connectivity index (χ3n) is 4.44. The molecular weight excluding hydrogens is 378 g/mol. The van der Waals surface area contributed by atoms with E-state index in [1.807, 2.05) is 6.07 Å². The van der Waals surface area contributed by atoms with Gasteiger partial charge in [0.1, 0.15) is 5.75 Å². The highest BCUT2D eigenvalue weighted by atomic mass is 32.2. The predicted molar refractivity (Wildman–Crippen MR) is 104 cm³/mol. The van der Waals surface area contributed by atoms with Crippen molar-refractivity contribution in [1.29, 1.82) is 5.26 Å². The molecular formula is C20H21N3O4S. The summed E-state index contributed by atoms with van der Waals surface area (Å²) in [6.45, 7) is 0.904. The minimum absolute atomic E-state index is 0.195. The third kappa shape index (κ3) is 4.88. The number of carbonyl (C=O) groups is 1. The van der Waals surface area contributed by atoms with E-state index in [2.05, 4.69) is 5.32 Å². The van der Waals surface area contributed by atoms with Gasteiger partial charge in [0.2, 0.25) is 10.0 Å². The van der Waals surface area contributed by atoms with E-state index in [1.54, 1.807) is 36.4 Å². The highest BCUT2D eigenvalue weighted by Gasteiger charge is 2.25. The molecule has 1 N–H and O–H groups in total. The van der Waals surface area contributed by atoms with E-state index in [0.717, 1.165) is 19.3 Å². The van der Waals surface area contributed by atoms with Crippen LogP contribution in [-0.2, 0) is 14.8 Å². The topological polar surface area (TPSA) is 99.5 Å². The fourth-order valence-corrected chi connectivity index (χ4v) is 4.45. The lowest BCUT2D eigenvalue weighted by Gasteiger charge is -2.25. The zero-order valence-electron chi connectivity index (χ0n) is 15.3. The van der Waals surface area contributed by atoms with E-state index in [9.17, 15) is 13.2 Å². The molecule has 0 radical (unpaired) electrons. The number of sulfonamides is 1. The van der Waals surface area contributed by atoms with E-state index in [1.165, 1.54) is 16.4 Å². The average molecular weight is 399 g/mol. The molecule has 28 heavy (non-hydrogen) atoms. The summed E-state index contributed by atoms with van der Waals surface area (Å²) in [5.74, 6) is 0.119. The number of hydrogen-bond acceptors (Lipinski definition) is 5. The van der Waals surface area contributed by atoms with Crippen LogP contribution in [0.2, 0.25) is 0 Å². The van der Waals surface area contributed by atoms with Gasteiger partial charge in [0.25, 0.3) is 5.91 Å². The molecule has 0 aliphatic carbocycles. The van der Waals surface area contributed by atoms with E-state index < -0.39 is 10.0 Å². The Morgan fingerprint density at radius 3 is 2.29 bits per heavy atom. The number of piperidine rings is 1. The molecule has 0 aromatic heterocycles. The second-order valence-electron chi connectivity index (χ2n) is 6.46. The van der Waals surface area contributed by atoms with E-state index in [-0.39, 0.29) is 17.4 Å². The van der Waals surface area contributed by atoms with Gasteiger partial charge in [-0.25, -0.2) is 8.42 Å². The number of hydrogen-bond donors (Lipinski definition) is 1. The first-order valence-corrected chi connectivity index (χ1v) is 10.5. The zero-order chi connectivity index (χ0) is 20.0. The molecule has 1 aliphatic rings. The van der Waals surface area contributed by atoms with Gasteiger partial charge in [0, 0.05) is 18.8 Å². The maximum absolute atomic E-state index is 12.6. The highest BCUT2D eigenvalue weighted by molar-refractivity contribution is 7.89. The molecule has 3 rings (SSSR count). The standard InChI is InChI=1S/C20H21N3O4S/c21-14-16-4-8-18(9-5-16)27-15-20(24)22-17-6-10-19(11-7-17)28(25,26)23-12-2-1-3-13-23/h4-11H,1-3,12-13,15H2,(H,22,24). The summed E-state index contributed by atoms with van der Waals surface area (Å²) < 4.78 is 32.1. The lowest BCUT2D eigenvalue weighted by molar-refractivity contribution is -0.118. The Kier molecular flexibility index (Phi) is 6.29. The monoisotopic (exact) mass is 399 g/mol. The number of nitrogens with zero attached hydrogens (tertiary/aromatic N) is 2. The maximum atomic E-state index is 12.6. The molecule has 8 heteroatoms. The minimum Gasteiger partial charge on any atom is -0.484 e. The van der Waals surface area contributed by atoms with Gasteiger partial charge in [0.15, 0.2) is 6.61 Å². The summed E-state index contributed by atoms with van der Waals surface area (Å²) >= 11 is 0. The molecule has 2 aromatic carbocycles. The fourth-order valence-electron chi connectivity index (χ4n) is 2.94. The largest absolute Gasteiger partial charge is 0.484 e. The molecule has 1 saturated heterocycles. The van der Waals surface area contributed by atoms with Crippen molar-refractivity contribution in [2.45, 2.75) is 24.2 Å². The van der Waals surface area contributed by atoms with Crippen LogP contribution >= 0.6 is 0 Å². The van der Waals surface area contributed by atoms with Gasteiger partial charge in [-0.15, -0.1) is 0 Å². The molecule has 1 aliphatic heterocycles. The van der Waals surface area contributed by atoms with Crippen molar-refractivity contribution in [1.82, 2.24) is 4.31 Å².